The van der Waals surface area contributed by atoms with Crippen LogP contribution < -0.4 is 4.74 Å². The smallest absolute Gasteiger partial charge is 0.192 e. The van der Waals surface area contributed by atoms with Gasteiger partial charge in [-0.2, -0.15) is 0 Å². The van der Waals surface area contributed by atoms with Crippen LogP contribution in [0.2, 0.25) is 0 Å². The number of hydrogen-bond acceptors (Lipinski definition) is 4. The molecule has 0 bridgehead atoms. The Morgan fingerprint density at radius 3 is 2.62 bits per heavy atom. The average molecular weight is 236 g/mol. The first-order valence-corrected chi connectivity index (χ1v) is 5.74. The van der Waals surface area contributed by atoms with Crippen molar-refractivity contribution >= 4 is 22.8 Å². The molecular formula is C12H12O3S. The molecule has 0 amide bonds. The third kappa shape index (κ3) is 2.29. The highest BCUT2D eigenvalue weighted by molar-refractivity contribution is 7.94. The van der Waals surface area contributed by atoms with Gasteiger partial charge in [-0.25, -0.2) is 0 Å². The van der Waals surface area contributed by atoms with Crippen LogP contribution >= 0.6 is 12.0 Å². The fraction of sp³-hybridized carbons (Fsp3) is 0.167. The molecule has 3 nitrogen and oxygen atoms in total. The van der Waals surface area contributed by atoms with E-state index in [4.69, 9.17) is 14.4 Å². The molecule has 0 aliphatic heterocycles. The first-order chi connectivity index (χ1) is 7.85. The summed E-state index contributed by atoms with van der Waals surface area (Å²) in [4.78, 5) is 0. The lowest BCUT2D eigenvalue weighted by molar-refractivity contribution is 0.175. The molecule has 0 saturated heterocycles. The molecule has 1 unspecified atom stereocenters. The summed E-state index contributed by atoms with van der Waals surface area (Å²) in [7, 11) is 0. The van der Waals surface area contributed by atoms with Gasteiger partial charge in [0.2, 0.25) is 0 Å². The maximum atomic E-state index is 8.95. The van der Waals surface area contributed by atoms with Crippen LogP contribution in [0.3, 0.4) is 0 Å². The Morgan fingerprint density at radius 1 is 1.12 bits per heavy atom. The number of fused-ring (bicyclic) bond motifs is 1. The quantitative estimate of drug-likeness (QED) is 0.633. The molecule has 2 aromatic carbocycles. The Balaban J connectivity index is 2.36. The fourth-order valence-corrected chi connectivity index (χ4v) is 1.75. The van der Waals surface area contributed by atoms with Crippen LogP contribution in [-0.4, -0.2) is 21.7 Å². The maximum absolute atomic E-state index is 8.95. The van der Waals surface area contributed by atoms with Crippen molar-refractivity contribution in [2.24, 2.45) is 0 Å². The van der Waals surface area contributed by atoms with Crippen LogP contribution in [0.1, 0.15) is 0 Å². The summed E-state index contributed by atoms with van der Waals surface area (Å²) in [6.07, 6.45) is 0. The van der Waals surface area contributed by atoms with E-state index in [2.05, 4.69) is 0 Å². The topological polar surface area (TPSA) is 49.7 Å². The van der Waals surface area contributed by atoms with Crippen LogP contribution in [0.15, 0.2) is 42.5 Å². The molecule has 2 N–H and O–H groups in total. The molecule has 2 rings (SSSR count). The number of benzene rings is 2. The number of rotatable bonds is 4. The van der Waals surface area contributed by atoms with Crippen molar-refractivity contribution in [2.75, 3.05) is 6.61 Å². The van der Waals surface area contributed by atoms with Gasteiger partial charge in [0, 0.05) is 17.4 Å². The molecule has 0 radical (unpaired) electrons. The monoisotopic (exact) mass is 236 g/mol. The van der Waals surface area contributed by atoms with E-state index >= 15 is 0 Å². The number of ether oxygens (including phenoxy) is 1. The second-order valence-corrected chi connectivity index (χ2v) is 4.05. The van der Waals surface area contributed by atoms with Crippen LogP contribution in [0.4, 0.5) is 0 Å². The summed E-state index contributed by atoms with van der Waals surface area (Å²) in [6.45, 7) is -0.232. The van der Waals surface area contributed by atoms with Crippen LogP contribution in [0.25, 0.3) is 10.8 Å². The molecule has 2 aromatic rings. The van der Waals surface area contributed by atoms with Crippen molar-refractivity contribution in [3.63, 3.8) is 0 Å². The molecule has 0 saturated carbocycles. The summed E-state index contributed by atoms with van der Waals surface area (Å²) < 4.78 is 14.4. The minimum absolute atomic E-state index is 0.232. The van der Waals surface area contributed by atoms with E-state index in [9.17, 15) is 0 Å². The highest BCUT2D eigenvalue weighted by Gasteiger charge is 2.10. The predicted octanol–water partition coefficient (Wildman–Crippen LogP) is 2.74. The summed E-state index contributed by atoms with van der Waals surface area (Å²) in [5, 5.41) is 11.0. The molecule has 0 aromatic heterocycles. The van der Waals surface area contributed by atoms with E-state index in [1.807, 2.05) is 42.5 Å². The van der Waals surface area contributed by atoms with Crippen molar-refractivity contribution < 1.29 is 14.4 Å². The Morgan fingerprint density at radius 2 is 1.88 bits per heavy atom. The van der Waals surface area contributed by atoms with Gasteiger partial charge in [0.15, 0.2) is 5.44 Å². The van der Waals surface area contributed by atoms with E-state index < -0.39 is 5.44 Å². The van der Waals surface area contributed by atoms with Gasteiger partial charge in [-0.15, -0.1) is 0 Å². The second-order valence-electron chi connectivity index (χ2n) is 3.31. The van der Waals surface area contributed by atoms with Gasteiger partial charge >= 0.3 is 0 Å². The molecule has 4 heteroatoms. The summed E-state index contributed by atoms with van der Waals surface area (Å²) in [5.74, 6) is 0.665. The molecule has 0 heterocycles. The molecule has 1 atom stereocenters. The Kier molecular flexibility index (Phi) is 3.66. The van der Waals surface area contributed by atoms with Crippen molar-refractivity contribution in [1.29, 1.82) is 0 Å². The maximum Gasteiger partial charge on any atom is 0.192 e. The predicted molar refractivity (Wildman–Crippen MR) is 65.7 cm³/mol. The number of aliphatic hydroxyl groups is 1. The number of hydrogen-bond donors (Lipinski definition) is 2. The first kappa shape index (κ1) is 11.3. The Bertz CT molecular complexity index is 463. The van der Waals surface area contributed by atoms with E-state index in [0.717, 1.165) is 10.8 Å². The summed E-state index contributed by atoms with van der Waals surface area (Å²) in [6, 6.07) is 13.5. The normalized spacial score (nSPS) is 12.6. The van der Waals surface area contributed by atoms with Gasteiger partial charge in [-0.05, 0) is 11.5 Å². The summed E-state index contributed by atoms with van der Waals surface area (Å²) in [5.41, 5.74) is -0.647. The van der Waals surface area contributed by atoms with E-state index in [-0.39, 0.29) is 6.61 Å². The first-order valence-electron chi connectivity index (χ1n) is 4.90. The molecule has 84 valence electrons. The average Bonchev–Trinajstić information content (AvgIpc) is 2.36. The van der Waals surface area contributed by atoms with Crippen molar-refractivity contribution in [3.05, 3.63) is 42.5 Å². The van der Waals surface area contributed by atoms with Crippen molar-refractivity contribution in [3.8, 4) is 5.75 Å². The third-order valence-electron chi connectivity index (χ3n) is 2.27. The van der Waals surface area contributed by atoms with Gasteiger partial charge in [-0.3, -0.25) is 0 Å². The largest absolute Gasteiger partial charge is 0.474 e. The van der Waals surface area contributed by atoms with Gasteiger partial charge in [0.1, 0.15) is 5.75 Å². The van der Waals surface area contributed by atoms with Gasteiger partial charge in [-0.1, -0.05) is 36.4 Å². The van der Waals surface area contributed by atoms with E-state index in [1.165, 1.54) is 0 Å². The van der Waals surface area contributed by atoms with Crippen molar-refractivity contribution in [1.82, 2.24) is 0 Å². The van der Waals surface area contributed by atoms with Crippen LogP contribution in [0.5, 0.6) is 5.75 Å². The standard InChI is InChI=1S/C12H12O3S/c13-8-12(16-14)15-11-7-3-5-9-4-1-2-6-10(9)11/h1-7,12-14H,8H2. The summed E-state index contributed by atoms with van der Waals surface area (Å²) >= 11 is 0.501. The minimum atomic E-state index is -0.647. The molecule has 0 spiro atoms. The Hall–Kier alpha value is -1.23. The molecule has 0 aliphatic carbocycles. The zero-order valence-corrected chi connectivity index (χ0v) is 9.35. The lowest BCUT2D eigenvalue weighted by Gasteiger charge is -2.14. The molecular weight excluding hydrogens is 224 g/mol. The molecule has 16 heavy (non-hydrogen) atoms. The zero-order valence-electron chi connectivity index (χ0n) is 8.54. The SMILES string of the molecule is OCC(Oc1cccc2ccccc12)SO. The van der Waals surface area contributed by atoms with E-state index in [1.54, 1.807) is 0 Å². The van der Waals surface area contributed by atoms with Gasteiger partial charge in [0.25, 0.3) is 0 Å². The molecule has 0 aliphatic rings. The lowest BCUT2D eigenvalue weighted by Crippen LogP contribution is -2.16. The number of aliphatic hydroxyl groups excluding tert-OH is 1. The van der Waals surface area contributed by atoms with Crippen LogP contribution in [0, 0.1) is 0 Å². The van der Waals surface area contributed by atoms with Crippen molar-refractivity contribution in [2.45, 2.75) is 5.44 Å². The second kappa shape index (κ2) is 5.21. The minimum Gasteiger partial charge on any atom is -0.474 e. The third-order valence-corrected chi connectivity index (χ3v) is 2.76. The van der Waals surface area contributed by atoms with Gasteiger partial charge in [0.05, 0.1) is 6.61 Å². The van der Waals surface area contributed by atoms with E-state index in [0.29, 0.717) is 17.8 Å². The molecule has 0 fully saturated rings. The highest BCUT2D eigenvalue weighted by Crippen LogP contribution is 2.27. The highest BCUT2D eigenvalue weighted by atomic mass is 32.2. The van der Waals surface area contributed by atoms with Crippen LogP contribution in [-0.2, 0) is 0 Å². The Labute approximate surface area is 97.9 Å². The lowest BCUT2D eigenvalue weighted by atomic mass is 10.1. The fourth-order valence-electron chi connectivity index (χ4n) is 1.53. The zero-order chi connectivity index (χ0) is 11.4. The van der Waals surface area contributed by atoms with Gasteiger partial charge < -0.3 is 14.4 Å².